The Kier molecular flexibility index (Phi) is 8.16. The van der Waals surface area contributed by atoms with Crippen molar-refractivity contribution in [3.05, 3.63) is 54.1 Å². The second kappa shape index (κ2) is 10.9. The lowest BCUT2D eigenvalue weighted by Gasteiger charge is -2.10. The van der Waals surface area contributed by atoms with Crippen LogP contribution < -0.4 is 20.7 Å². The van der Waals surface area contributed by atoms with Crippen LogP contribution in [0.15, 0.2) is 48.5 Å². The maximum atomic E-state index is 12.2. The molecule has 0 saturated carbocycles. The number of hydrogen-bond acceptors (Lipinski definition) is 4. The minimum absolute atomic E-state index is 0.0970. The summed E-state index contributed by atoms with van der Waals surface area (Å²) in [5.74, 6) is 0.427. The Bertz CT molecular complexity index is 762. The van der Waals surface area contributed by atoms with Crippen molar-refractivity contribution in [1.29, 1.82) is 0 Å². The molecule has 0 aliphatic carbocycles. The quantitative estimate of drug-likeness (QED) is 0.558. The number of carbonyl (C=O) groups is 2. The van der Waals surface area contributed by atoms with Crippen LogP contribution in [0.25, 0.3) is 0 Å². The molecule has 2 aromatic carbocycles. The molecule has 0 aliphatic rings. The second-order valence-corrected chi connectivity index (χ2v) is 6.05. The van der Waals surface area contributed by atoms with Gasteiger partial charge in [-0.3, -0.25) is 9.59 Å². The van der Waals surface area contributed by atoms with E-state index in [4.69, 9.17) is 4.74 Å². The molecule has 2 amide bonds. The molecule has 3 N–H and O–H groups in total. The van der Waals surface area contributed by atoms with Gasteiger partial charge in [0, 0.05) is 29.5 Å². The van der Waals surface area contributed by atoms with E-state index in [9.17, 15) is 9.59 Å². The number of hydrogen-bond donors (Lipinski definition) is 3. The van der Waals surface area contributed by atoms with E-state index < -0.39 is 0 Å². The highest BCUT2D eigenvalue weighted by molar-refractivity contribution is 5.96. The molecule has 0 aromatic heterocycles. The van der Waals surface area contributed by atoms with Crippen LogP contribution in [-0.2, 0) is 4.79 Å². The molecule has 27 heavy (non-hydrogen) atoms. The van der Waals surface area contributed by atoms with Crippen LogP contribution in [0.4, 0.5) is 11.4 Å². The molecule has 6 heteroatoms. The predicted octanol–water partition coefficient (Wildman–Crippen LogP) is 3.67. The predicted molar refractivity (Wildman–Crippen MR) is 108 cm³/mol. The highest BCUT2D eigenvalue weighted by Gasteiger charge is 2.07. The average Bonchev–Trinajstić information content (AvgIpc) is 2.67. The van der Waals surface area contributed by atoms with Crippen LogP contribution in [0.5, 0.6) is 5.75 Å². The largest absolute Gasteiger partial charge is 0.494 e. The topological polar surface area (TPSA) is 79.5 Å². The van der Waals surface area contributed by atoms with Crippen molar-refractivity contribution in [3.8, 4) is 5.75 Å². The minimum Gasteiger partial charge on any atom is -0.494 e. The van der Waals surface area contributed by atoms with Gasteiger partial charge >= 0.3 is 0 Å². The monoisotopic (exact) mass is 369 g/mol. The number of rotatable bonds is 10. The van der Waals surface area contributed by atoms with Crippen LogP contribution in [-0.4, -0.2) is 31.5 Å². The van der Waals surface area contributed by atoms with E-state index >= 15 is 0 Å². The van der Waals surface area contributed by atoms with Gasteiger partial charge in [-0.25, -0.2) is 0 Å². The molecule has 0 aliphatic heterocycles. The number of benzene rings is 2. The number of carbonyl (C=O) groups excluding carboxylic acids is 2. The van der Waals surface area contributed by atoms with E-state index in [1.165, 1.54) is 0 Å². The van der Waals surface area contributed by atoms with Gasteiger partial charge in [0.15, 0.2) is 0 Å². The third-order valence-corrected chi connectivity index (χ3v) is 3.82. The van der Waals surface area contributed by atoms with Crippen LogP contribution >= 0.6 is 0 Å². The van der Waals surface area contributed by atoms with Crippen LogP contribution in [0, 0.1) is 0 Å². The Morgan fingerprint density at radius 3 is 2.56 bits per heavy atom. The van der Waals surface area contributed by atoms with E-state index in [2.05, 4.69) is 22.9 Å². The SMILES string of the molecule is CCCCNC(=O)c1cccc(NCC(=O)Nc2cccc(OCC)c2)c1. The normalized spacial score (nSPS) is 10.1. The lowest BCUT2D eigenvalue weighted by Crippen LogP contribution is -2.25. The van der Waals surface area contributed by atoms with Gasteiger partial charge in [0.1, 0.15) is 5.75 Å². The fourth-order valence-electron chi connectivity index (χ4n) is 2.47. The highest BCUT2D eigenvalue weighted by atomic mass is 16.5. The van der Waals surface area contributed by atoms with Crippen molar-refractivity contribution < 1.29 is 14.3 Å². The molecule has 0 spiro atoms. The lowest BCUT2D eigenvalue weighted by molar-refractivity contribution is -0.114. The van der Waals surface area contributed by atoms with Crippen molar-refractivity contribution >= 4 is 23.2 Å². The highest BCUT2D eigenvalue weighted by Crippen LogP contribution is 2.17. The van der Waals surface area contributed by atoms with Gasteiger partial charge in [-0.05, 0) is 43.7 Å². The summed E-state index contributed by atoms with van der Waals surface area (Å²) in [4.78, 5) is 24.3. The van der Waals surface area contributed by atoms with Crippen LogP contribution in [0.3, 0.4) is 0 Å². The minimum atomic E-state index is -0.179. The summed E-state index contributed by atoms with van der Waals surface area (Å²) in [7, 11) is 0. The first-order valence-corrected chi connectivity index (χ1v) is 9.27. The molecular formula is C21H27N3O3. The number of amides is 2. The molecule has 0 atom stereocenters. The zero-order valence-electron chi connectivity index (χ0n) is 15.9. The zero-order chi connectivity index (χ0) is 19.5. The van der Waals surface area contributed by atoms with Gasteiger partial charge in [-0.1, -0.05) is 25.5 Å². The Hall–Kier alpha value is -3.02. The first-order valence-electron chi connectivity index (χ1n) is 9.27. The van der Waals surface area contributed by atoms with E-state index in [0.29, 0.717) is 30.2 Å². The molecule has 0 radical (unpaired) electrons. The summed E-state index contributed by atoms with van der Waals surface area (Å²) in [6.07, 6.45) is 1.98. The first-order chi connectivity index (χ1) is 13.1. The van der Waals surface area contributed by atoms with Crippen molar-refractivity contribution in [1.82, 2.24) is 5.32 Å². The maximum Gasteiger partial charge on any atom is 0.251 e. The van der Waals surface area contributed by atoms with Crippen molar-refractivity contribution in [3.63, 3.8) is 0 Å². The Morgan fingerprint density at radius 2 is 1.78 bits per heavy atom. The van der Waals surface area contributed by atoms with Gasteiger partial charge in [0.05, 0.1) is 13.2 Å². The fourth-order valence-corrected chi connectivity index (χ4v) is 2.47. The average molecular weight is 369 g/mol. The zero-order valence-corrected chi connectivity index (χ0v) is 15.9. The summed E-state index contributed by atoms with van der Waals surface area (Å²) >= 11 is 0. The molecular weight excluding hydrogens is 342 g/mol. The number of unbranched alkanes of at least 4 members (excludes halogenated alkanes) is 1. The van der Waals surface area contributed by atoms with Crippen molar-refractivity contribution in [2.24, 2.45) is 0 Å². The number of ether oxygens (including phenoxy) is 1. The molecule has 0 fully saturated rings. The van der Waals surface area contributed by atoms with E-state index in [1.54, 1.807) is 24.3 Å². The third kappa shape index (κ3) is 7.01. The molecule has 2 rings (SSSR count). The fraction of sp³-hybridized carbons (Fsp3) is 0.333. The first kappa shape index (κ1) is 20.3. The molecule has 6 nitrogen and oxygen atoms in total. The van der Waals surface area contributed by atoms with Gasteiger partial charge in [-0.2, -0.15) is 0 Å². The molecule has 0 bridgehead atoms. The van der Waals surface area contributed by atoms with Gasteiger partial charge in [-0.15, -0.1) is 0 Å². The molecule has 0 saturated heterocycles. The van der Waals surface area contributed by atoms with Gasteiger partial charge in [0.2, 0.25) is 5.91 Å². The Balaban J connectivity index is 1.87. The number of anilines is 2. The second-order valence-electron chi connectivity index (χ2n) is 6.05. The van der Waals surface area contributed by atoms with Crippen LogP contribution in [0.1, 0.15) is 37.0 Å². The summed E-state index contributed by atoms with van der Waals surface area (Å²) in [6, 6.07) is 14.4. The maximum absolute atomic E-state index is 12.2. The lowest BCUT2D eigenvalue weighted by atomic mass is 10.2. The summed E-state index contributed by atoms with van der Waals surface area (Å²) in [5, 5.41) is 8.75. The summed E-state index contributed by atoms with van der Waals surface area (Å²) < 4.78 is 5.42. The Morgan fingerprint density at radius 1 is 1.00 bits per heavy atom. The summed E-state index contributed by atoms with van der Waals surface area (Å²) in [5.41, 5.74) is 1.97. The van der Waals surface area contributed by atoms with E-state index in [-0.39, 0.29) is 18.4 Å². The Labute approximate surface area is 160 Å². The van der Waals surface area contributed by atoms with E-state index in [0.717, 1.165) is 18.5 Å². The molecule has 0 heterocycles. The van der Waals surface area contributed by atoms with E-state index in [1.807, 2.05) is 31.2 Å². The van der Waals surface area contributed by atoms with Crippen molar-refractivity contribution in [2.75, 3.05) is 30.3 Å². The summed E-state index contributed by atoms with van der Waals surface area (Å²) in [6.45, 7) is 5.32. The molecule has 0 unspecified atom stereocenters. The van der Waals surface area contributed by atoms with Crippen molar-refractivity contribution in [2.45, 2.75) is 26.7 Å². The molecule has 2 aromatic rings. The van der Waals surface area contributed by atoms with Gasteiger partial charge in [0.25, 0.3) is 5.91 Å². The van der Waals surface area contributed by atoms with Crippen LogP contribution in [0.2, 0.25) is 0 Å². The van der Waals surface area contributed by atoms with Gasteiger partial charge < -0.3 is 20.7 Å². The third-order valence-electron chi connectivity index (χ3n) is 3.82. The number of nitrogens with one attached hydrogen (secondary N) is 3. The molecule has 144 valence electrons. The standard InChI is InChI=1S/C21H27N3O3/c1-3-5-12-22-21(26)16-8-6-9-17(13-16)23-15-20(25)24-18-10-7-11-19(14-18)27-4-2/h6-11,13-14,23H,3-5,12,15H2,1-2H3,(H,22,26)(H,24,25). The smallest absolute Gasteiger partial charge is 0.251 e.